The molecule has 0 aliphatic heterocycles. The van der Waals surface area contributed by atoms with Gasteiger partial charge in [-0.05, 0) is 37.0 Å². The zero-order chi connectivity index (χ0) is 19.0. The highest BCUT2D eigenvalue weighted by Gasteiger charge is 2.14. The molecule has 0 saturated carbocycles. The Kier molecular flexibility index (Phi) is 12.7. The van der Waals surface area contributed by atoms with Crippen molar-refractivity contribution in [1.82, 2.24) is 0 Å². The van der Waals surface area contributed by atoms with E-state index < -0.39 is 5.97 Å². The van der Waals surface area contributed by atoms with Gasteiger partial charge in [0.1, 0.15) is 0 Å². The molecule has 0 fully saturated rings. The van der Waals surface area contributed by atoms with E-state index in [-0.39, 0.29) is 5.92 Å². The number of aryl methyl sites for hydroxylation is 1. The van der Waals surface area contributed by atoms with Gasteiger partial charge in [0.05, 0.1) is 5.92 Å². The molecule has 0 saturated heterocycles. The minimum absolute atomic E-state index is 0.318. The summed E-state index contributed by atoms with van der Waals surface area (Å²) in [4.78, 5) is 11.0. The summed E-state index contributed by atoms with van der Waals surface area (Å²) in [7, 11) is 0. The van der Waals surface area contributed by atoms with Crippen molar-refractivity contribution in [2.45, 2.75) is 90.9 Å². The standard InChI is InChI=1S/C23H39NO2/c1-3-5-6-7-8-9-10-11-12-13-14-20-15-17-22(18-16-20)24-19-21(4-2)23(25)26/h15-18,21,24H,3-14,19H2,1-2H3,(H,25,26). The SMILES string of the molecule is CCCCCCCCCCCCc1ccc(NCC(CC)C(=O)O)cc1. The first kappa shape index (κ1) is 22.5. The lowest BCUT2D eigenvalue weighted by molar-refractivity contribution is -0.141. The number of carbonyl (C=O) groups is 1. The average molecular weight is 362 g/mol. The lowest BCUT2D eigenvalue weighted by Crippen LogP contribution is -2.21. The Hall–Kier alpha value is -1.51. The number of carboxylic acids is 1. The topological polar surface area (TPSA) is 49.3 Å². The van der Waals surface area contributed by atoms with Gasteiger partial charge in [0.15, 0.2) is 0 Å². The second kappa shape index (κ2) is 14.6. The summed E-state index contributed by atoms with van der Waals surface area (Å²) in [5, 5.41) is 12.3. The molecule has 0 heterocycles. The van der Waals surface area contributed by atoms with Crippen LogP contribution in [0.25, 0.3) is 0 Å². The van der Waals surface area contributed by atoms with Crippen LogP contribution in [0.15, 0.2) is 24.3 Å². The Morgan fingerprint density at radius 2 is 1.42 bits per heavy atom. The zero-order valence-electron chi connectivity index (χ0n) is 16.9. The maximum Gasteiger partial charge on any atom is 0.308 e. The second-order valence-corrected chi connectivity index (χ2v) is 7.45. The number of benzene rings is 1. The summed E-state index contributed by atoms with van der Waals surface area (Å²) in [5.41, 5.74) is 2.39. The van der Waals surface area contributed by atoms with Crippen LogP contribution in [0.2, 0.25) is 0 Å². The molecule has 0 spiro atoms. The third kappa shape index (κ3) is 10.5. The van der Waals surface area contributed by atoms with Crippen LogP contribution in [0.5, 0.6) is 0 Å². The van der Waals surface area contributed by atoms with Gasteiger partial charge in [0.2, 0.25) is 0 Å². The molecule has 2 N–H and O–H groups in total. The number of hydrogen-bond acceptors (Lipinski definition) is 2. The molecule has 0 aliphatic carbocycles. The molecule has 1 atom stereocenters. The molecule has 3 heteroatoms. The van der Waals surface area contributed by atoms with Crippen molar-refractivity contribution < 1.29 is 9.90 Å². The van der Waals surface area contributed by atoms with Gasteiger partial charge in [-0.2, -0.15) is 0 Å². The van der Waals surface area contributed by atoms with Crippen LogP contribution in [0.1, 0.15) is 90.0 Å². The van der Waals surface area contributed by atoms with Crippen molar-refractivity contribution >= 4 is 11.7 Å². The number of rotatable bonds is 16. The van der Waals surface area contributed by atoms with Gasteiger partial charge < -0.3 is 10.4 Å². The lowest BCUT2D eigenvalue weighted by atomic mass is 10.0. The molecule has 1 aromatic carbocycles. The van der Waals surface area contributed by atoms with Crippen LogP contribution >= 0.6 is 0 Å². The number of anilines is 1. The van der Waals surface area contributed by atoms with Crippen LogP contribution < -0.4 is 5.32 Å². The van der Waals surface area contributed by atoms with E-state index in [0.717, 1.165) is 12.1 Å². The van der Waals surface area contributed by atoms with Gasteiger partial charge in [-0.1, -0.05) is 83.8 Å². The summed E-state index contributed by atoms with van der Waals surface area (Å²) in [6.45, 7) is 4.67. The van der Waals surface area contributed by atoms with Crippen LogP contribution in [0.4, 0.5) is 5.69 Å². The van der Waals surface area contributed by atoms with Crippen molar-refractivity contribution in [3.05, 3.63) is 29.8 Å². The molecule has 0 radical (unpaired) electrons. The monoisotopic (exact) mass is 361 g/mol. The van der Waals surface area contributed by atoms with E-state index >= 15 is 0 Å². The van der Waals surface area contributed by atoms with E-state index in [0.29, 0.717) is 13.0 Å². The van der Waals surface area contributed by atoms with Crippen molar-refractivity contribution in [3.8, 4) is 0 Å². The smallest absolute Gasteiger partial charge is 0.308 e. The first-order valence-corrected chi connectivity index (χ1v) is 10.7. The molecule has 0 bridgehead atoms. The molecule has 0 aliphatic rings. The van der Waals surface area contributed by atoms with Crippen LogP contribution in [0.3, 0.4) is 0 Å². The average Bonchev–Trinajstić information content (AvgIpc) is 2.64. The Morgan fingerprint density at radius 3 is 1.92 bits per heavy atom. The van der Waals surface area contributed by atoms with Crippen molar-refractivity contribution in [2.24, 2.45) is 5.92 Å². The Labute approximate surface area is 160 Å². The lowest BCUT2D eigenvalue weighted by Gasteiger charge is -2.12. The number of aliphatic carboxylic acids is 1. The first-order valence-electron chi connectivity index (χ1n) is 10.7. The fourth-order valence-electron chi connectivity index (χ4n) is 3.25. The third-order valence-corrected chi connectivity index (χ3v) is 5.17. The molecule has 0 amide bonds. The van der Waals surface area contributed by atoms with Crippen molar-refractivity contribution in [3.63, 3.8) is 0 Å². The molecule has 1 unspecified atom stereocenters. The van der Waals surface area contributed by atoms with E-state index in [1.807, 2.05) is 6.92 Å². The summed E-state index contributed by atoms with van der Waals surface area (Å²) >= 11 is 0. The van der Waals surface area contributed by atoms with Gasteiger partial charge in [-0.25, -0.2) is 0 Å². The third-order valence-electron chi connectivity index (χ3n) is 5.17. The Balaban J connectivity index is 2.09. The van der Waals surface area contributed by atoms with Crippen molar-refractivity contribution in [2.75, 3.05) is 11.9 Å². The van der Waals surface area contributed by atoms with Crippen LogP contribution in [-0.2, 0) is 11.2 Å². The van der Waals surface area contributed by atoms with Gasteiger partial charge in [-0.15, -0.1) is 0 Å². The normalized spacial score (nSPS) is 12.1. The number of hydrogen-bond donors (Lipinski definition) is 2. The quantitative estimate of drug-likeness (QED) is 0.323. The zero-order valence-corrected chi connectivity index (χ0v) is 16.9. The van der Waals surface area contributed by atoms with E-state index in [1.165, 1.54) is 69.8 Å². The maximum atomic E-state index is 11.0. The van der Waals surface area contributed by atoms with Crippen molar-refractivity contribution in [1.29, 1.82) is 0 Å². The number of nitrogens with one attached hydrogen (secondary N) is 1. The minimum Gasteiger partial charge on any atom is -0.481 e. The summed E-state index contributed by atoms with van der Waals surface area (Å²) in [6.07, 6.45) is 15.5. The van der Waals surface area contributed by atoms with Crippen LogP contribution in [0, 0.1) is 5.92 Å². The first-order chi connectivity index (χ1) is 12.7. The van der Waals surface area contributed by atoms with E-state index in [9.17, 15) is 4.79 Å². The van der Waals surface area contributed by atoms with Gasteiger partial charge in [0, 0.05) is 12.2 Å². The summed E-state index contributed by atoms with van der Waals surface area (Å²) in [5.74, 6) is -1.04. The van der Waals surface area contributed by atoms with E-state index in [1.54, 1.807) is 0 Å². The van der Waals surface area contributed by atoms with Gasteiger partial charge in [-0.3, -0.25) is 4.79 Å². The van der Waals surface area contributed by atoms with Gasteiger partial charge in [0.25, 0.3) is 0 Å². The highest BCUT2D eigenvalue weighted by atomic mass is 16.4. The molecular formula is C23H39NO2. The van der Waals surface area contributed by atoms with Gasteiger partial charge >= 0.3 is 5.97 Å². The number of carboxylic acid groups (broad SMARTS) is 1. The maximum absolute atomic E-state index is 11.0. The Bertz CT molecular complexity index is 470. The predicted molar refractivity (Wildman–Crippen MR) is 112 cm³/mol. The molecule has 0 aromatic heterocycles. The molecule has 3 nitrogen and oxygen atoms in total. The fraction of sp³-hybridized carbons (Fsp3) is 0.696. The fourth-order valence-corrected chi connectivity index (χ4v) is 3.25. The number of unbranched alkanes of at least 4 members (excludes halogenated alkanes) is 9. The second-order valence-electron chi connectivity index (χ2n) is 7.45. The Morgan fingerprint density at radius 1 is 0.885 bits per heavy atom. The highest BCUT2D eigenvalue weighted by molar-refractivity contribution is 5.70. The summed E-state index contributed by atoms with van der Waals surface area (Å²) < 4.78 is 0. The molecule has 1 aromatic rings. The highest BCUT2D eigenvalue weighted by Crippen LogP contribution is 2.15. The molecular weight excluding hydrogens is 322 g/mol. The van der Waals surface area contributed by atoms with E-state index in [4.69, 9.17) is 5.11 Å². The van der Waals surface area contributed by atoms with Crippen LogP contribution in [-0.4, -0.2) is 17.6 Å². The predicted octanol–water partition coefficient (Wildman–Crippen LogP) is 6.67. The summed E-state index contributed by atoms with van der Waals surface area (Å²) in [6, 6.07) is 8.47. The largest absolute Gasteiger partial charge is 0.481 e. The molecule has 148 valence electrons. The molecule has 26 heavy (non-hydrogen) atoms. The molecule has 1 rings (SSSR count). The minimum atomic E-state index is -0.724. The van der Waals surface area contributed by atoms with E-state index in [2.05, 4.69) is 36.5 Å².